The van der Waals surface area contributed by atoms with Crippen LogP contribution >= 0.6 is 0 Å². The highest BCUT2D eigenvalue weighted by Gasteiger charge is 2.41. The zero-order valence-corrected chi connectivity index (χ0v) is 15.6. The number of carbonyl (C=O) groups is 1. The maximum atomic E-state index is 14.4. The van der Waals surface area contributed by atoms with Crippen LogP contribution in [0.1, 0.15) is 25.0 Å². The lowest BCUT2D eigenvalue weighted by atomic mass is 9.79. The first-order valence-electron chi connectivity index (χ1n) is 9.38. The fraction of sp³-hybridized carbons (Fsp3) is 0.450. The molecule has 0 radical (unpaired) electrons. The number of H-pyrrole nitrogens is 1. The van der Waals surface area contributed by atoms with Crippen LogP contribution in [0.4, 0.5) is 13.2 Å². The first-order valence-corrected chi connectivity index (χ1v) is 9.38. The summed E-state index contributed by atoms with van der Waals surface area (Å²) in [5, 5.41) is 0.401. The molecule has 0 bridgehead atoms. The number of quaternary nitrogens is 1. The summed E-state index contributed by atoms with van der Waals surface area (Å²) in [6.45, 7) is 5.72. The zero-order chi connectivity index (χ0) is 19.5. The summed E-state index contributed by atoms with van der Waals surface area (Å²) >= 11 is 0. The van der Waals surface area contributed by atoms with Gasteiger partial charge in [0.15, 0.2) is 17.6 Å². The molecule has 3 atom stereocenters. The fourth-order valence-electron chi connectivity index (χ4n) is 4.61. The molecule has 4 nitrogen and oxygen atoms in total. The van der Waals surface area contributed by atoms with Crippen LogP contribution in [0, 0.1) is 23.5 Å². The lowest BCUT2D eigenvalue weighted by molar-refractivity contribution is -0.900. The van der Waals surface area contributed by atoms with Crippen LogP contribution in [0.3, 0.4) is 0 Å². The Morgan fingerprint density at radius 2 is 2.00 bits per heavy atom. The number of rotatable bonds is 3. The second-order valence-electron chi connectivity index (χ2n) is 7.43. The highest BCUT2D eigenvalue weighted by atomic mass is 19.2. The van der Waals surface area contributed by atoms with E-state index in [-0.39, 0.29) is 23.4 Å². The van der Waals surface area contributed by atoms with Gasteiger partial charge >= 0.3 is 0 Å². The second-order valence-corrected chi connectivity index (χ2v) is 7.43. The van der Waals surface area contributed by atoms with Crippen LogP contribution in [0.25, 0.3) is 16.5 Å². The molecule has 0 fully saturated rings. The Kier molecular flexibility index (Phi) is 4.29. The Hall–Kier alpha value is -2.28. The summed E-state index contributed by atoms with van der Waals surface area (Å²) in [6, 6.07) is 1.06. The number of aromatic amines is 1. The van der Waals surface area contributed by atoms with Gasteiger partial charge in [-0.05, 0) is 25.5 Å². The number of benzene rings is 1. The van der Waals surface area contributed by atoms with Gasteiger partial charge in [0.1, 0.15) is 12.0 Å². The molecule has 1 aliphatic heterocycles. The summed E-state index contributed by atoms with van der Waals surface area (Å²) in [5.74, 6) is -2.98. The Balaban J connectivity index is 1.89. The van der Waals surface area contributed by atoms with E-state index in [1.165, 1.54) is 0 Å². The Morgan fingerprint density at radius 1 is 1.30 bits per heavy atom. The van der Waals surface area contributed by atoms with Crippen molar-refractivity contribution in [3.8, 4) is 0 Å². The number of nitrogens with zero attached hydrogens (tertiary/aromatic N) is 1. The monoisotopic (exact) mass is 378 g/mol. The third-order valence-corrected chi connectivity index (χ3v) is 6.03. The van der Waals surface area contributed by atoms with Gasteiger partial charge < -0.3 is 14.8 Å². The zero-order valence-electron chi connectivity index (χ0n) is 15.6. The van der Waals surface area contributed by atoms with Crippen molar-refractivity contribution in [2.75, 3.05) is 26.7 Å². The van der Waals surface area contributed by atoms with E-state index in [0.29, 0.717) is 42.6 Å². The third kappa shape index (κ3) is 2.59. The molecule has 2 heterocycles. The minimum Gasteiger partial charge on any atom is -0.343 e. The van der Waals surface area contributed by atoms with Crippen molar-refractivity contribution in [2.45, 2.75) is 26.3 Å². The third-order valence-electron chi connectivity index (χ3n) is 6.03. The molecular weight excluding hydrogens is 355 g/mol. The molecule has 1 aromatic heterocycles. The molecule has 1 aromatic carbocycles. The lowest BCUT2D eigenvalue weighted by Crippen LogP contribution is -3.15. The molecule has 144 valence electrons. The van der Waals surface area contributed by atoms with Crippen molar-refractivity contribution in [1.29, 1.82) is 0 Å². The first kappa shape index (κ1) is 18.1. The summed E-state index contributed by atoms with van der Waals surface area (Å²) < 4.78 is 42.7. The van der Waals surface area contributed by atoms with E-state index in [2.05, 4.69) is 4.98 Å². The second kappa shape index (κ2) is 6.41. The van der Waals surface area contributed by atoms with E-state index in [1.807, 2.05) is 27.0 Å². The van der Waals surface area contributed by atoms with Crippen molar-refractivity contribution in [2.24, 2.45) is 5.92 Å². The number of fused-ring (bicyclic) bond motifs is 2. The predicted octanol–water partition coefficient (Wildman–Crippen LogP) is 1.91. The van der Waals surface area contributed by atoms with E-state index < -0.39 is 17.6 Å². The molecule has 2 aliphatic rings. The summed E-state index contributed by atoms with van der Waals surface area (Å²) in [6.07, 6.45) is 2.28. The smallest absolute Gasteiger partial charge is 0.235 e. The van der Waals surface area contributed by atoms with Crippen LogP contribution < -0.4 is 4.90 Å². The van der Waals surface area contributed by atoms with Crippen LogP contribution in [-0.2, 0) is 11.2 Å². The average Bonchev–Trinajstić information content (AvgIpc) is 2.98. The first-order chi connectivity index (χ1) is 12.9. The van der Waals surface area contributed by atoms with Crippen molar-refractivity contribution in [1.82, 2.24) is 9.88 Å². The van der Waals surface area contributed by atoms with Crippen LogP contribution in [0.2, 0.25) is 0 Å². The highest BCUT2D eigenvalue weighted by molar-refractivity contribution is 5.99. The quantitative estimate of drug-likeness (QED) is 0.842. The molecule has 4 rings (SSSR count). The molecule has 1 aliphatic carbocycles. The number of carbonyl (C=O) groups excluding carboxylic acids is 1. The SMILES string of the molecule is CCN(CC)C(=O)C1C=C2c3cc(F)c(F)c4[nH]c(F)c(c34)C[C@H]2[NH+](C)C1. The number of amides is 1. The average molecular weight is 378 g/mol. The summed E-state index contributed by atoms with van der Waals surface area (Å²) in [5.41, 5.74) is 1.56. The molecule has 0 saturated carbocycles. The van der Waals surface area contributed by atoms with Crippen molar-refractivity contribution in [3.63, 3.8) is 0 Å². The normalized spacial score (nSPS) is 23.9. The highest BCUT2D eigenvalue weighted by Crippen LogP contribution is 2.40. The molecule has 2 unspecified atom stereocenters. The minimum absolute atomic E-state index is 0.0372. The molecule has 7 heteroatoms. The van der Waals surface area contributed by atoms with Crippen LogP contribution in [0.5, 0.6) is 0 Å². The van der Waals surface area contributed by atoms with Crippen molar-refractivity contribution < 1.29 is 22.9 Å². The van der Waals surface area contributed by atoms with E-state index >= 15 is 0 Å². The van der Waals surface area contributed by atoms with E-state index in [0.717, 1.165) is 16.5 Å². The standard InChI is InChI=1S/C20H22F3N3O/c1-4-26(5-2)20(27)10-6-11-12-7-14(21)17(22)18-16(12)13(19(23)24-18)8-15(11)25(3)9-10/h6-7,10,15,24H,4-5,8-9H2,1-3H3/p+1/t10?,15-/m1/s1. The van der Waals surface area contributed by atoms with Crippen molar-refractivity contribution in [3.05, 3.63) is 40.9 Å². The molecule has 0 spiro atoms. The number of likely N-dealkylation sites (N-methyl/N-ethyl adjacent to an activating group) is 1. The molecule has 0 saturated heterocycles. The largest absolute Gasteiger partial charge is 0.343 e. The summed E-state index contributed by atoms with van der Waals surface area (Å²) in [7, 11) is 1.97. The number of hydrogen-bond donors (Lipinski definition) is 2. The van der Waals surface area contributed by atoms with E-state index in [4.69, 9.17) is 0 Å². The van der Waals surface area contributed by atoms with Gasteiger partial charge in [-0.2, -0.15) is 4.39 Å². The minimum atomic E-state index is -1.06. The van der Waals surface area contributed by atoms with Gasteiger partial charge in [-0.1, -0.05) is 6.08 Å². The van der Waals surface area contributed by atoms with E-state index in [1.54, 1.807) is 4.90 Å². The molecule has 1 amide bonds. The van der Waals surface area contributed by atoms with Crippen molar-refractivity contribution >= 4 is 22.4 Å². The van der Waals surface area contributed by atoms with Gasteiger partial charge in [-0.15, -0.1) is 0 Å². The van der Waals surface area contributed by atoms with Gasteiger partial charge in [0.25, 0.3) is 0 Å². The van der Waals surface area contributed by atoms with Gasteiger partial charge in [0.05, 0.1) is 19.1 Å². The maximum absolute atomic E-state index is 14.4. The number of aromatic nitrogens is 1. The Bertz CT molecular complexity index is 961. The Labute approximate surface area is 155 Å². The molecular formula is C20H23F3N3O+. The van der Waals surface area contributed by atoms with Crippen LogP contribution in [0.15, 0.2) is 12.1 Å². The lowest BCUT2D eigenvalue weighted by Gasteiger charge is -2.37. The Morgan fingerprint density at radius 3 is 2.67 bits per heavy atom. The topological polar surface area (TPSA) is 40.5 Å². The number of nitrogens with one attached hydrogen (secondary N) is 2. The molecule has 2 aromatic rings. The van der Waals surface area contributed by atoms with Gasteiger partial charge in [-0.25, -0.2) is 8.78 Å². The summed E-state index contributed by atoms with van der Waals surface area (Å²) in [4.78, 5) is 18.1. The molecule has 27 heavy (non-hydrogen) atoms. The number of halogens is 3. The van der Waals surface area contributed by atoms with Gasteiger partial charge in [-0.3, -0.25) is 4.79 Å². The molecule has 2 N–H and O–H groups in total. The maximum Gasteiger partial charge on any atom is 0.235 e. The van der Waals surface area contributed by atoms with Crippen LogP contribution in [-0.4, -0.2) is 48.5 Å². The van der Waals surface area contributed by atoms with Gasteiger partial charge in [0.2, 0.25) is 5.91 Å². The van der Waals surface area contributed by atoms with Gasteiger partial charge in [0, 0.05) is 36.0 Å². The predicted molar refractivity (Wildman–Crippen MR) is 96.8 cm³/mol. The fourth-order valence-corrected chi connectivity index (χ4v) is 4.61. The van der Waals surface area contributed by atoms with E-state index in [9.17, 15) is 18.0 Å². The number of hydrogen-bond acceptors (Lipinski definition) is 1.